The van der Waals surface area contributed by atoms with E-state index in [0.29, 0.717) is 12.6 Å². The Morgan fingerprint density at radius 1 is 1.26 bits per heavy atom. The second kappa shape index (κ2) is 5.92. The van der Waals surface area contributed by atoms with Gasteiger partial charge in [-0.1, -0.05) is 0 Å². The zero-order chi connectivity index (χ0) is 13.1. The Hall–Kier alpha value is -1.07. The van der Waals surface area contributed by atoms with E-state index in [9.17, 15) is 0 Å². The van der Waals surface area contributed by atoms with Crippen molar-refractivity contribution in [2.24, 2.45) is 5.92 Å². The van der Waals surface area contributed by atoms with Crippen LogP contribution in [0.1, 0.15) is 25.7 Å². The van der Waals surface area contributed by atoms with Gasteiger partial charge in [-0.15, -0.1) is 0 Å². The Morgan fingerprint density at radius 3 is 2.74 bits per heavy atom. The van der Waals surface area contributed by atoms with E-state index in [-0.39, 0.29) is 6.61 Å². The van der Waals surface area contributed by atoms with Gasteiger partial charge in [-0.05, 0) is 31.6 Å². The molecule has 0 aromatic carbocycles. The van der Waals surface area contributed by atoms with Crippen molar-refractivity contribution in [2.45, 2.75) is 38.3 Å². The van der Waals surface area contributed by atoms with Gasteiger partial charge in [0.25, 0.3) is 0 Å². The van der Waals surface area contributed by atoms with E-state index in [0.717, 1.165) is 11.6 Å². The Morgan fingerprint density at radius 2 is 2.05 bits per heavy atom. The van der Waals surface area contributed by atoms with Crippen molar-refractivity contribution in [1.82, 2.24) is 14.7 Å². The molecule has 2 heterocycles. The average molecular weight is 264 g/mol. The normalized spacial score (nSPS) is 21.7. The summed E-state index contributed by atoms with van der Waals surface area (Å²) in [5.41, 5.74) is 1.08. The summed E-state index contributed by atoms with van der Waals surface area (Å²) in [7, 11) is 0. The lowest BCUT2D eigenvalue weighted by Gasteiger charge is -2.32. The second-order valence-electron chi connectivity index (χ2n) is 5.88. The first-order valence-corrected chi connectivity index (χ1v) is 7.45. The summed E-state index contributed by atoms with van der Waals surface area (Å²) in [5.74, 6) is 1.00. The lowest BCUT2D eigenvalue weighted by molar-refractivity contribution is 0.211. The Kier molecular flexibility index (Phi) is 4.03. The van der Waals surface area contributed by atoms with Crippen molar-refractivity contribution >= 4 is 5.69 Å². The number of anilines is 1. The summed E-state index contributed by atoms with van der Waals surface area (Å²) in [5, 5.41) is 16.6. The molecule has 1 aromatic heterocycles. The molecule has 0 unspecified atom stereocenters. The van der Waals surface area contributed by atoms with Gasteiger partial charge in [-0.25, -0.2) is 0 Å². The first-order chi connectivity index (χ1) is 9.33. The van der Waals surface area contributed by atoms with Crippen LogP contribution >= 0.6 is 0 Å². The average Bonchev–Trinajstić information content (AvgIpc) is 3.12. The fourth-order valence-electron chi connectivity index (χ4n) is 2.82. The predicted octanol–water partition coefficient (Wildman–Crippen LogP) is 1.16. The van der Waals surface area contributed by atoms with Gasteiger partial charge in [0.05, 0.1) is 25.0 Å². The maximum Gasteiger partial charge on any atom is 0.0728 e. The van der Waals surface area contributed by atoms with Crippen molar-refractivity contribution < 1.29 is 5.11 Å². The van der Waals surface area contributed by atoms with Crippen LogP contribution in [0.15, 0.2) is 12.4 Å². The van der Waals surface area contributed by atoms with E-state index >= 15 is 0 Å². The molecule has 106 valence electrons. The fourth-order valence-corrected chi connectivity index (χ4v) is 2.82. The maximum absolute atomic E-state index is 8.87. The van der Waals surface area contributed by atoms with Crippen LogP contribution in [-0.2, 0) is 6.54 Å². The van der Waals surface area contributed by atoms with Crippen molar-refractivity contribution in [1.29, 1.82) is 0 Å². The summed E-state index contributed by atoms with van der Waals surface area (Å²) in [6, 6.07) is 0.572. The zero-order valence-corrected chi connectivity index (χ0v) is 11.5. The number of nitrogens with one attached hydrogen (secondary N) is 1. The molecule has 1 aliphatic heterocycles. The third-order valence-electron chi connectivity index (χ3n) is 4.13. The highest BCUT2D eigenvalue weighted by Crippen LogP contribution is 2.30. The number of nitrogens with zero attached hydrogens (tertiary/aromatic N) is 3. The van der Waals surface area contributed by atoms with Crippen LogP contribution in [0.3, 0.4) is 0 Å². The highest BCUT2D eigenvalue weighted by Gasteiger charge is 2.27. The van der Waals surface area contributed by atoms with Gasteiger partial charge in [0.1, 0.15) is 0 Å². The highest BCUT2D eigenvalue weighted by atomic mass is 16.3. The molecule has 5 heteroatoms. The molecule has 19 heavy (non-hydrogen) atoms. The molecule has 0 atom stereocenters. The second-order valence-corrected chi connectivity index (χ2v) is 5.88. The van der Waals surface area contributed by atoms with Crippen molar-refractivity contribution in [3.8, 4) is 0 Å². The predicted molar refractivity (Wildman–Crippen MR) is 75.1 cm³/mol. The van der Waals surface area contributed by atoms with E-state index in [2.05, 4.69) is 15.3 Å². The van der Waals surface area contributed by atoms with Crippen LogP contribution in [-0.4, -0.2) is 52.1 Å². The molecule has 1 aliphatic carbocycles. The first-order valence-electron chi connectivity index (χ1n) is 7.45. The number of aromatic nitrogens is 2. The van der Waals surface area contributed by atoms with E-state index in [1.807, 2.05) is 12.4 Å². The van der Waals surface area contributed by atoms with Gasteiger partial charge in [-0.3, -0.25) is 4.68 Å². The minimum atomic E-state index is 0.140. The number of likely N-dealkylation sites (tertiary alicyclic amines) is 1. The molecule has 1 saturated heterocycles. The largest absolute Gasteiger partial charge is 0.394 e. The Bertz CT molecular complexity index is 394. The summed E-state index contributed by atoms with van der Waals surface area (Å²) < 4.78 is 1.78. The number of hydrogen-bond donors (Lipinski definition) is 2. The van der Waals surface area contributed by atoms with Gasteiger partial charge in [-0.2, -0.15) is 5.10 Å². The van der Waals surface area contributed by atoms with Gasteiger partial charge < -0.3 is 15.3 Å². The van der Waals surface area contributed by atoms with Crippen LogP contribution in [0.2, 0.25) is 0 Å². The van der Waals surface area contributed by atoms with E-state index in [1.165, 1.54) is 45.3 Å². The maximum atomic E-state index is 8.87. The Balaban J connectivity index is 1.42. The molecular weight excluding hydrogens is 240 g/mol. The summed E-state index contributed by atoms with van der Waals surface area (Å²) in [4.78, 5) is 2.62. The number of hydrogen-bond acceptors (Lipinski definition) is 4. The molecule has 2 N–H and O–H groups in total. The van der Waals surface area contributed by atoms with Crippen molar-refractivity contribution in [3.63, 3.8) is 0 Å². The van der Waals surface area contributed by atoms with Crippen LogP contribution in [0, 0.1) is 5.92 Å². The smallest absolute Gasteiger partial charge is 0.0728 e. The van der Waals surface area contributed by atoms with Crippen LogP contribution < -0.4 is 5.32 Å². The molecule has 2 fully saturated rings. The number of rotatable bonds is 6. The monoisotopic (exact) mass is 264 g/mol. The summed E-state index contributed by atoms with van der Waals surface area (Å²) in [6.07, 6.45) is 9.17. The van der Waals surface area contributed by atoms with Crippen LogP contribution in [0.25, 0.3) is 0 Å². The molecule has 0 radical (unpaired) electrons. The van der Waals surface area contributed by atoms with E-state index in [4.69, 9.17) is 5.11 Å². The van der Waals surface area contributed by atoms with Crippen LogP contribution in [0.5, 0.6) is 0 Å². The number of aliphatic hydroxyl groups is 1. The first kappa shape index (κ1) is 12.9. The third-order valence-corrected chi connectivity index (χ3v) is 4.13. The summed E-state index contributed by atoms with van der Waals surface area (Å²) >= 11 is 0. The van der Waals surface area contributed by atoms with Gasteiger partial charge in [0.15, 0.2) is 0 Å². The highest BCUT2D eigenvalue weighted by molar-refractivity contribution is 5.39. The van der Waals surface area contributed by atoms with Crippen LogP contribution in [0.4, 0.5) is 5.69 Å². The minimum absolute atomic E-state index is 0.140. The van der Waals surface area contributed by atoms with E-state index in [1.54, 1.807) is 4.68 Å². The molecule has 5 nitrogen and oxygen atoms in total. The fraction of sp³-hybridized carbons (Fsp3) is 0.786. The van der Waals surface area contributed by atoms with E-state index < -0.39 is 0 Å². The number of aliphatic hydroxyl groups excluding tert-OH is 1. The molecule has 0 spiro atoms. The summed E-state index contributed by atoms with van der Waals surface area (Å²) in [6.45, 7) is 4.47. The topological polar surface area (TPSA) is 53.3 Å². The third kappa shape index (κ3) is 3.70. The van der Waals surface area contributed by atoms with Gasteiger partial charge in [0, 0.05) is 31.9 Å². The molecule has 0 bridgehead atoms. The SMILES string of the molecule is OCCn1cc(NC2CCN(CC3CC3)CC2)cn1. The Labute approximate surface area is 114 Å². The van der Waals surface area contributed by atoms with Gasteiger partial charge >= 0.3 is 0 Å². The molecule has 3 rings (SSSR count). The van der Waals surface area contributed by atoms with Crippen molar-refractivity contribution in [2.75, 3.05) is 31.6 Å². The van der Waals surface area contributed by atoms with Crippen molar-refractivity contribution in [3.05, 3.63) is 12.4 Å². The molecule has 1 aromatic rings. The lowest BCUT2D eigenvalue weighted by atomic mass is 10.0. The lowest BCUT2D eigenvalue weighted by Crippen LogP contribution is -2.39. The minimum Gasteiger partial charge on any atom is -0.394 e. The quantitative estimate of drug-likeness (QED) is 0.809. The zero-order valence-electron chi connectivity index (χ0n) is 11.5. The molecule has 0 amide bonds. The van der Waals surface area contributed by atoms with Gasteiger partial charge in [0.2, 0.25) is 0 Å². The molecule has 2 aliphatic rings. The molecule has 1 saturated carbocycles. The standard InChI is InChI=1S/C14H24N4O/c19-8-7-18-11-14(9-15-18)16-13-3-5-17(6-4-13)10-12-1-2-12/h9,11-13,16,19H,1-8,10H2. The number of piperidine rings is 1. The molecular formula is C14H24N4O.